The van der Waals surface area contributed by atoms with E-state index in [9.17, 15) is 0 Å². The van der Waals surface area contributed by atoms with Gasteiger partial charge in [-0.25, -0.2) is 0 Å². The van der Waals surface area contributed by atoms with E-state index in [0.717, 1.165) is 32.8 Å². The van der Waals surface area contributed by atoms with E-state index in [2.05, 4.69) is 4.90 Å². The summed E-state index contributed by atoms with van der Waals surface area (Å²) in [7, 11) is 0. The van der Waals surface area contributed by atoms with Crippen molar-refractivity contribution in [1.29, 1.82) is 0 Å². The summed E-state index contributed by atoms with van der Waals surface area (Å²) in [5.74, 6) is 0. The van der Waals surface area contributed by atoms with Crippen molar-refractivity contribution in [1.82, 2.24) is 4.90 Å². The topological polar surface area (TPSA) is 38.5 Å². The van der Waals surface area contributed by atoms with Gasteiger partial charge in [-0.1, -0.05) is 12.8 Å². The fourth-order valence-corrected chi connectivity index (χ4v) is 2.44. The van der Waals surface area contributed by atoms with Crippen molar-refractivity contribution in [2.45, 2.75) is 31.2 Å². The number of ether oxygens (including phenoxy) is 1. The number of nitrogens with two attached hydrogens (primary N) is 1. The van der Waals surface area contributed by atoms with Gasteiger partial charge in [-0.15, -0.1) is 0 Å². The molecule has 0 spiro atoms. The summed E-state index contributed by atoms with van der Waals surface area (Å²) < 4.78 is 5.31. The fourth-order valence-electron chi connectivity index (χ4n) is 2.44. The van der Waals surface area contributed by atoms with Crippen LogP contribution in [-0.2, 0) is 4.74 Å². The van der Waals surface area contributed by atoms with Crippen molar-refractivity contribution in [2.75, 3.05) is 32.8 Å². The SMILES string of the molecule is NC1(CN2CCOCC2)CCCC1. The lowest BCUT2D eigenvalue weighted by molar-refractivity contribution is 0.0279. The predicted octanol–water partition coefficient (Wildman–Crippen LogP) is 0.590. The Kier molecular flexibility index (Phi) is 2.86. The van der Waals surface area contributed by atoms with Crippen LogP contribution in [0.5, 0.6) is 0 Å². The summed E-state index contributed by atoms with van der Waals surface area (Å²) in [6, 6.07) is 0. The minimum absolute atomic E-state index is 0.122. The first kappa shape index (κ1) is 9.44. The lowest BCUT2D eigenvalue weighted by atomic mass is 9.98. The van der Waals surface area contributed by atoms with Crippen LogP contribution >= 0.6 is 0 Å². The molecule has 2 fully saturated rings. The van der Waals surface area contributed by atoms with Gasteiger partial charge in [0.05, 0.1) is 13.2 Å². The average molecular weight is 184 g/mol. The first-order valence-corrected chi connectivity index (χ1v) is 5.38. The van der Waals surface area contributed by atoms with Gasteiger partial charge in [0.25, 0.3) is 0 Å². The maximum Gasteiger partial charge on any atom is 0.0594 e. The molecule has 1 saturated heterocycles. The molecular formula is C10H20N2O. The summed E-state index contributed by atoms with van der Waals surface area (Å²) in [5, 5.41) is 0. The second-order valence-electron chi connectivity index (χ2n) is 4.46. The van der Waals surface area contributed by atoms with Crippen LogP contribution in [0.2, 0.25) is 0 Å². The van der Waals surface area contributed by atoms with E-state index < -0.39 is 0 Å². The molecule has 1 aliphatic carbocycles. The zero-order chi connectivity index (χ0) is 9.15. The van der Waals surface area contributed by atoms with Crippen molar-refractivity contribution in [3.63, 3.8) is 0 Å². The molecule has 0 bridgehead atoms. The smallest absolute Gasteiger partial charge is 0.0594 e. The van der Waals surface area contributed by atoms with Crippen LogP contribution in [0, 0.1) is 0 Å². The maximum atomic E-state index is 6.31. The van der Waals surface area contributed by atoms with Crippen LogP contribution in [0.3, 0.4) is 0 Å². The highest BCUT2D eigenvalue weighted by atomic mass is 16.5. The third-order valence-corrected chi connectivity index (χ3v) is 3.24. The van der Waals surface area contributed by atoms with Gasteiger partial charge in [0.15, 0.2) is 0 Å². The van der Waals surface area contributed by atoms with Crippen molar-refractivity contribution >= 4 is 0 Å². The van der Waals surface area contributed by atoms with Gasteiger partial charge >= 0.3 is 0 Å². The molecule has 0 aromatic heterocycles. The van der Waals surface area contributed by atoms with Gasteiger partial charge in [-0.3, -0.25) is 4.90 Å². The molecule has 1 saturated carbocycles. The van der Waals surface area contributed by atoms with Gasteiger partial charge < -0.3 is 10.5 Å². The molecule has 0 aromatic carbocycles. The first-order valence-electron chi connectivity index (χ1n) is 5.38. The molecule has 2 rings (SSSR count). The summed E-state index contributed by atoms with van der Waals surface area (Å²) in [6.07, 6.45) is 5.07. The Morgan fingerprint density at radius 3 is 2.38 bits per heavy atom. The molecule has 0 amide bonds. The monoisotopic (exact) mass is 184 g/mol. The molecule has 0 unspecified atom stereocenters. The molecule has 2 aliphatic rings. The molecule has 76 valence electrons. The van der Waals surface area contributed by atoms with Gasteiger partial charge in [0, 0.05) is 25.2 Å². The number of nitrogens with zero attached hydrogens (tertiary/aromatic N) is 1. The Labute approximate surface area is 80.2 Å². The first-order chi connectivity index (χ1) is 6.29. The number of morpholine rings is 1. The summed E-state index contributed by atoms with van der Waals surface area (Å²) >= 11 is 0. The zero-order valence-electron chi connectivity index (χ0n) is 8.30. The number of hydrogen-bond donors (Lipinski definition) is 1. The third-order valence-electron chi connectivity index (χ3n) is 3.24. The molecule has 1 aliphatic heterocycles. The minimum Gasteiger partial charge on any atom is -0.379 e. The molecule has 0 aromatic rings. The fraction of sp³-hybridized carbons (Fsp3) is 1.00. The summed E-state index contributed by atoms with van der Waals surface area (Å²) in [5.41, 5.74) is 6.43. The standard InChI is InChI=1S/C10H20N2O/c11-10(3-1-2-4-10)9-12-5-7-13-8-6-12/h1-9,11H2. The van der Waals surface area contributed by atoms with E-state index in [4.69, 9.17) is 10.5 Å². The normalized spacial score (nSPS) is 29.3. The lowest BCUT2D eigenvalue weighted by Gasteiger charge is -2.34. The number of hydrogen-bond acceptors (Lipinski definition) is 3. The number of rotatable bonds is 2. The average Bonchev–Trinajstić information content (AvgIpc) is 2.54. The van der Waals surface area contributed by atoms with E-state index in [1.54, 1.807) is 0 Å². The van der Waals surface area contributed by atoms with E-state index in [1.807, 2.05) is 0 Å². The van der Waals surface area contributed by atoms with Crippen LogP contribution in [0.1, 0.15) is 25.7 Å². The Bertz CT molecular complexity index is 160. The molecule has 13 heavy (non-hydrogen) atoms. The van der Waals surface area contributed by atoms with Crippen LogP contribution in [0.4, 0.5) is 0 Å². The highest BCUT2D eigenvalue weighted by molar-refractivity contribution is 4.92. The van der Waals surface area contributed by atoms with Gasteiger partial charge in [0.2, 0.25) is 0 Å². The molecule has 1 heterocycles. The van der Waals surface area contributed by atoms with Gasteiger partial charge in [0.1, 0.15) is 0 Å². The second-order valence-corrected chi connectivity index (χ2v) is 4.46. The zero-order valence-corrected chi connectivity index (χ0v) is 8.30. The van der Waals surface area contributed by atoms with Crippen molar-refractivity contribution in [2.24, 2.45) is 5.73 Å². The maximum absolute atomic E-state index is 6.31. The van der Waals surface area contributed by atoms with Crippen LogP contribution in [0.25, 0.3) is 0 Å². The molecule has 2 N–H and O–H groups in total. The van der Waals surface area contributed by atoms with E-state index >= 15 is 0 Å². The third kappa shape index (κ3) is 2.42. The van der Waals surface area contributed by atoms with Crippen molar-refractivity contribution in [3.05, 3.63) is 0 Å². The molecule has 0 radical (unpaired) electrons. The van der Waals surface area contributed by atoms with Crippen LogP contribution in [-0.4, -0.2) is 43.3 Å². The summed E-state index contributed by atoms with van der Waals surface area (Å²) in [4.78, 5) is 2.45. The minimum atomic E-state index is 0.122. The Hall–Kier alpha value is -0.120. The lowest BCUT2D eigenvalue weighted by Crippen LogP contribution is -2.51. The second kappa shape index (κ2) is 3.95. The molecular weight excluding hydrogens is 164 g/mol. The Balaban J connectivity index is 1.81. The molecule has 0 atom stereocenters. The van der Waals surface area contributed by atoms with Gasteiger partial charge in [-0.05, 0) is 12.8 Å². The highest BCUT2D eigenvalue weighted by Gasteiger charge is 2.31. The summed E-state index contributed by atoms with van der Waals surface area (Å²) in [6.45, 7) is 4.99. The largest absolute Gasteiger partial charge is 0.379 e. The molecule has 3 heteroatoms. The van der Waals surface area contributed by atoms with Crippen LogP contribution < -0.4 is 5.73 Å². The Morgan fingerprint density at radius 1 is 1.15 bits per heavy atom. The van der Waals surface area contributed by atoms with Gasteiger partial charge in [-0.2, -0.15) is 0 Å². The quantitative estimate of drug-likeness (QED) is 0.682. The van der Waals surface area contributed by atoms with E-state index in [-0.39, 0.29) is 5.54 Å². The predicted molar refractivity (Wildman–Crippen MR) is 52.6 cm³/mol. The highest BCUT2D eigenvalue weighted by Crippen LogP contribution is 2.28. The van der Waals surface area contributed by atoms with Crippen LogP contribution in [0.15, 0.2) is 0 Å². The van der Waals surface area contributed by atoms with E-state index in [1.165, 1.54) is 25.7 Å². The van der Waals surface area contributed by atoms with Crippen molar-refractivity contribution < 1.29 is 4.74 Å². The Morgan fingerprint density at radius 2 is 1.77 bits per heavy atom. The van der Waals surface area contributed by atoms with E-state index in [0.29, 0.717) is 0 Å². The van der Waals surface area contributed by atoms with Crippen molar-refractivity contribution in [3.8, 4) is 0 Å². The molecule has 3 nitrogen and oxygen atoms in total.